The van der Waals surface area contributed by atoms with Crippen molar-refractivity contribution in [1.29, 1.82) is 0 Å². The van der Waals surface area contributed by atoms with Gasteiger partial charge in [0.25, 0.3) is 0 Å². The first-order valence-corrected chi connectivity index (χ1v) is 3.50. The Hall–Kier alpha value is 0. The molecule has 2 atom stereocenters. The van der Waals surface area contributed by atoms with Crippen molar-refractivity contribution in [3.05, 3.63) is 0 Å². The van der Waals surface area contributed by atoms with Crippen LogP contribution in [0, 0.1) is 23.6 Å². The molecule has 12 heavy (non-hydrogen) atoms. The highest BCUT2D eigenvalue weighted by molar-refractivity contribution is 4.94. The highest BCUT2D eigenvalue weighted by Gasteiger charge is 2.44. The minimum Gasteiger partial charge on any atom is -0.0528 e. The first-order chi connectivity index (χ1) is 13.5. The Morgan fingerprint density at radius 3 is 1.67 bits per heavy atom. The third kappa shape index (κ3) is 0.963. The van der Waals surface area contributed by atoms with Crippen molar-refractivity contribution >= 4 is 0 Å². The first kappa shape index (κ1) is 1.26. The summed E-state index contributed by atoms with van der Waals surface area (Å²) in [5, 5.41) is 0. The molecule has 0 saturated heterocycles. The van der Waals surface area contributed by atoms with Crippen LogP contribution in [0.2, 0.25) is 0 Å². The van der Waals surface area contributed by atoms with Gasteiger partial charge < -0.3 is 0 Å². The number of hydrogen-bond donors (Lipinski definition) is 0. The van der Waals surface area contributed by atoms with Gasteiger partial charge in [0.2, 0.25) is 0 Å². The van der Waals surface area contributed by atoms with Crippen LogP contribution in [0.5, 0.6) is 0 Å². The molecule has 3 fully saturated rings. The second-order valence-electron chi connectivity index (χ2n) is 2.50. The lowest BCUT2D eigenvalue weighted by atomic mass is 9.65. The van der Waals surface area contributed by atoms with Crippen molar-refractivity contribution in [1.82, 2.24) is 0 Å². The minimum atomic E-state index is -4.38. The Morgan fingerprint density at radius 2 is 1.17 bits per heavy atom. The molecular formula is C12H20. The molecule has 0 heteroatoms. The molecule has 3 saturated carbocycles. The van der Waals surface area contributed by atoms with E-state index in [4.69, 9.17) is 27.4 Å². The average Bonchev–Trinajstić information content (AvgIpc) is 2.68. The van der Waals surface area contributed by atoms with E-state index in [2.05, 4.69) is 0 Å². The molecule has 2 unspecified atom stereocenters. The maximum Gasteiger partial charge on any atom is 0.0311 e. The molecule has 3 aliphatic rings. The summed E-state index contributed by atoms with van der Waals surface area (Å²) in [5.74, 6) is -17.3. The zero-order chi connectivity index (χ0) is 26.0. The van der Waals surface area contributed by atoms with E-state index in [-0.39, 0.29) is 0 Å². The zero-order valence-electron chi connectivity index (χ0n) is 26.0. The predicted octanol–water partition coefficient (Wildman–Crippen LogP) is 3.61. The highest BCUT2D eigenvalue weighted by Crippen LogP contribution is 2.54. The van der Waals surface area contributed by atoms with Crippen LogP contribution in [0.15, 0.2) is 0 Å². The molecule has 68 valence electrons. The molecule has 3 aliphatic carbocycles. The third-order valence-electron chi connectivity index (χ3n) is 1.81. The van der Waals surface area contributed by atoms with Crippen molar-refractivity contribution < 1.29 is 27.4 Å². The summed E-state index contributed by atoms with van der Waals surface area (Å²) in [7, 11) is 0. The summed E-state index contributed by atoms with van der Waals surface area (Å²) >= 11 is 0. The van der Waals surface area contributed by atoms with Gasteiger partial charge in [0.1, 0.15) is 0 Å². The van der Waals surface area contributed by atoms with E-state index in [0.29, 0.717) is 0 Å². The fourth-order valence-corrected chi connectivity index (χ4v) is 1.28. The molecule has 0 aromatic rings. The van der Waals surface area contributed by atoms with Gasteiger partial charge in [0, 0.05) is 27.4 Å². The minimum absolute atomic E-state index is 4.18. The van der Waals surface area contributed by atoms with Gasteiger partial charge in [-0.25, -0.2) is 0 Å². The van der Waals surface area contributed by atoms with Gasteiger partial charge in [-0.1, -0.05) is 38.2 Å². The third-order valence-corrected chi connectivity index (χ3v) is 1.81. The Morgan fingerprint density at radius 1 is 0.750 bits per heavy atom. The van der Waals surface area contributed by atoms with Gasteiger partial charge in [0.05, 0.1) is 0 Å². The van der Waals surface area contributed by atoms with Gasteiger partial charge in [-0.15, -0.1) is 0 Å². The van der Waals surface area contributed by atoms with Gasteiger partial charge >= 0.3 is 0 Å². The Bertz CT molecular complexity index is 819. The monoisotopic (exact) mass is 184 g/mol. The molecule has 0 aromatic heterocycles. The van der Waals surface area contributed by atoms with Crippen molar-refractivity contribution in [3.8, 4) is 0 Å². The van der Waals surface area contributed by atoms with Crippen LogP contribution < -0.4 is 0 Å². The molecular weight excluding hydrogens is 144 g/mol. The molecule has 0 amide bonds. The Labute approximate surface area is 104 Å². The van der Waals surface area contributed by atoms with Crippen molar-refractivity contribution in [2.24, 2.45) is 23.6 Å². The maximum atomic E-state index is 8.89. The van der Waals surface area contributed by atoms with Gasteiger partial charge in [0.15, 0.2) is 0 Å². The number of hydrogen-bond acceptors (Lipinski definition) is 0. The SMILES string of the molecule is [2H]C1([2H])C([2H])([2H])C2([2H])C([2H])([2H])C([2H])([2H])C([2H])([2H])C3([2H])C([2H])([2H])C([2H])([2H])C([2H])(C1([2H])[2H])C23[2H]. The quantitative estimate of drug-likeness (QED) is 0.539. The molecule has 0 aliphatic heterocycles. The normalized spacial score (nSPS) is 135. The lowest BCUT2D eigenvalue weighted by molar-refractivity contribution is 0.0951. The molecule has 0 spiro atoms. The summed E-state index contributed by atoms with van der Waals surface area (Å²) < 4.78 is 166. The van der Waals surface area contributed by atoms with Gasteiger partial charge in [-0.05, 0) is 36.3 Å². The van der Waals surface area contributed by atoms with Crippen LogP contribution in [0.4, 0.5) is 0 Å². The molecule has 0 aromatic carbocycles. The maximum absolute atomic E-state index is 8.89. The Balaban J connectivity index is 2.81. The fraction of sp³-hybridized carbons (Fsp3) is 1.00. The largest absolute Gasteiger partial charge is 0.0528 e. The average molecular weight is 184 g/mol. The number of rotatable bonds is 0. The summed E-state index contributed by atoms with van der Waals surface area (Å²) in [6, 6.07) is 0. The lowest BCUT2D eigenvalue weighted by Crippen LogP contribution is -2.31. The van der Waals surface area contributed by atoms with E-state index >= 15 is 0 Å². The van der Waals surface area contributed by atoms with Crippen LogP contribution in [0.1, 0.15) is 78.4 Å². The van der Waals surface area contributed by atoms with Crippen LogP contribution in [-0.2, 0) is 0 Å². The summed E-state index contributed by atoms with van der Waals surface area (Å²) in [6.07, 6.45) is -33.7. The summed E-state index contributed by atoms with van der Waals surface area (Å²) in [5.41, 5.74) is 0. The summed E-state index contributed by atoms with van der Waals surface area (Å²) in [6.45, 7) is 0. The van der Waals surface area contributed by atoms with Crippen LogP contribution in [0.3, 0.4) is 0 Å². The van der Waals surface area contributed by atoms with Crippen LogP contribution >= 0.6 is 0 Å². The predicted molar refractivity (Wildman–Crippen MR) is 50.9 cm³/mol. The standard InChI is InChI=1S/C12H20/c1-3-9-4-2-6-11-8-7-10(5-1)12(9)11/h9-12H,1-8H2/i1D2,2D2,3D2,4D2,5D2,6D2,7D2,8D2,9D,10D,11D,12D. The van der Waals surface area contributed by atoms with Crippen LogP contribution in [0.25, 0.3) is 0 Å². The van der Waals surface area contributed by atoms with Crippen LogP contribution in [-0.4, -0.2) is 0 Å². The van der Waals surface area contributed by atoms with Crippen molar-refractivity contribution in [2.75, 3.05) is 0 Å². The molecule has 0 nitrogen and oxygen atoms in total. The lowest BCUT2D eigenvalue weighted by Gasteiger charge is -2.40. The van der Waals surface area contributed by atoms with E-state index in [1.54, 1.807) is 0 Å². The van der Waals surface area contributed by atoms with E-state index in [1.807, 2.05) is 0 Å². The van der Waals surface area contributed by atoms with E-state index < -0.39 is 74.6 Å². The summed E-state index contributed by atoms with van der Waals surface area (Å²) in [4.78, 5) is 0. The van der Waals surface area contributed by atoms with E-state index in [9.17, 15) is 0 Å². The van der Waals surface area contributed by atoms with E-state index in [1.165, 1.54) is 0 Å². The molecule has 0 radical (unpaired) electrons. The molecule has 0 heterocycles. The van der Waals surface area contributed by atoms with Gasteiger partial charge in [-0.3, -0.25) is 0 Å². The molecule has 0 N–H and O–H groups in total. The van der Waals surface area contributed by atoms with Gasteiger partial charge in [-0.2, -0.15) is 0 Å². The highest BCUT2D eigenvalue weighted by atomic mass is 14.5. The molecule has 0 bridgehead atoms. The molecule has 3 rings (SSSR count). The second-order valence-corrected chi connectivity index (χ2v) is 2.50. The van der Waals surface area contributed by atoms with Crippen molar-refractivity contribution in [3.63, 3.8) is 0 Å². The smallest absolute Gasteiger partial charge is 0.0311 e. The second kappa shape index (κ2) is 2.75. The zero-order valence-corrected chi connectivity index (χ0v) is 6.00. The fourth-order valence-electron chi connectivity index (χ4n) is 1.28. The topological polar surface area (TPSA) is 0 Å². The first-order valence-electron chi connectivity index (χ1n) is 13.5. The van der Waals surface area contributed by atoms with Crippen molar-refractivity contribution in [2.45, 2.75) is 51.0 Å². The Kier molecular flexibility index (Phi) is 0.288. The van der Waals surface area contributed by atoms with E-state index in [0.717, 1.165) is 0 Å².